The van der Waals surface area contributed by atoms with Gasteiger partial charge >= 0.3 is 0 Å². The molecule has 0 unspecified atom stereocenters. The number of hydrogen-bond acceptors (Lipinski definition) is 3. The van der Waals surface area contributed by atoms with Gasteiger partial charge in [0.25, 0.3) is 0 Å². The fraction of sp³-hybridized carbons (Fsp3) is 0.600. The molecule has 0 saturated heterocycles. The first-order chi connectivity index (χ1) is 8.52. The van der Waals surface area contributed by atoms with Crippen molar-refractivity contribution in [1.29, 1.82) is 0 Å². The quantitative estimate of drug-likeness (QED) is 0.625. The molecule has 4 heteroatoms. The van der Waals surface area contributed by atoms with Crippen molar-refractivity contribution in [3.05, 3.63) is 34.9 Å². The Morgan fingerprint density at radius 3 is 2.16 bits per heavy atom. The summed E-state index contributed by atoms with van der Waals surface area (Å²) >= 11 is 0. The molecule has 108 valence electrons. The summed E-state index contributed by atoms with van der Waals surface area (Å²) < 4.78 is 11.5. The molecule has 0 aromatic rings. The van der Waals surface area contributed by atoms with Crippen LogP contribution in [0.4, 0.5) is 0 Å². The molecule has 0 bridgehead atoms. The van der Waals surface area contributed by atoms with E-state index in [-0.39, 0.29) is 5.54 Å². The van der Waals surface area contributed by atoms with Gasteiger partial charge in [0.15, 0.2) is 0 Å². The first-order valence-electron chi connectivity index (χ1n) is 6.68. The first-order valence-corrected chi connectivity index (χ1v) is 10.1. The van der Waals surface area contributed by atoms with Crippen LogP contribution in [0.25, 0.3) is 0 Å². The molecule has 0 saturated carbocycles. The van der Waals surface area contributed by atoms with Crippen LogP contribution < -0.4 is 5.32 Å². The average Bonchev–Trinajstić information content (AvgIpc) is 2.55. The maximum absolute atomic E-state index is 6.16. The van der Waals surface area contributed by atoms with Crippen molar-refractivity contribution in [1.82, 2.24) is 5.32 Å². The van der Waals surface area contributed by atoms with Gasteiger partial charge in [-0.15, -0.1) is 0 Å². The molecule has 0 amide bonds. The summed E-state index contributed by atoms with van der Waals surface area (Å²) in [5, 5.41) is 3.50. The number of hydrogen-bond donors (Lipinski definition) is 1. The summed E-state index contributed by atoms with van der Waals surface area (Å²) in [4.78, 5) is 0. The zero-order valence-electron chi connectivity index (χ0n) is 13.5. The van der Waals surface area contributed by atoms with Gasteiger partial charge in [0.2, 0.25) is 8.32 Å². The van der Waals surface area contributed by atoms with Crippen LogP contribution in [0.3, 0.4) is 0 Å². The van der Waals surface area contributed by atoms with E-state index in [2.05, 4.69) is 57.9 Å². The van der Waals surface area contributed by atoms with E-state index in [0.717, 1.165) is 22.8 Å². The largest absolute Gasteiger partial charge is 0.543 e. The van der Waals surface area contributed by atoms with E-state index in [9.17, 15) is 0 Å². The van der Waals surface area contributed by atoms with Crippen LogP contribution in [0, 0.1) is 0 Å². The lowest BCUT2D eigenvalue weighted by molar-refractivity contribution is 0.291. The highest BCUT2D eigenvalue weighted by Gasteiger charge is 2.25. The summed E-state index contributed by atoms with van der Waals surface area (Å²) in [5.74, 6) is 1.84. The van der Waals surface area contributed by atoms with Gasteiger partial charge in [-0.3, -0.25) is 0 Å². The Kier molecular flexibility index (Phi) is 4.56. The third kappa shape index (κ3) is 5.15. The van der Waals surface area contributed by atoms with E-state index in [1.807, 2.05) is 6.92 Å². The third-order valence-electron chi connectivity index (χ3n) is 2.49. The summed E-state index contributed by atoms with van der Waals surface area (Å²) in [6, 6.07) is 0. The predicted octanol–water partition coefficient (Wildman–Crippen LogP) is 3.93. The summed E-state index contributed by atoms with van der Waals surface area (Å²) in [7, 11) is 0.0662. The van der Waals surface area contributed by atoms with Crippen LogP contribution in [0.2, 0.25) is 19.6 Å². The summed E-state index contributed by atoms with van der Waals surface area (Å²) in [6.45, 7) is 15.0. The zero-order chi connectivity index (χ0) is 14.8. The second-order valence-electron chi connectivity index (χ2n) is 6.87. The molecule has 0 radical (unpaired) electrons. The normalized spacial score (nSPS) is 18.7. The van der Waals surface area contributed by atoms with Gasteiger partial charge in [0.05, 0.1) is 18.6 Å². The molecular formula is C15H27NO2Si. The molecule has 1 rings (SSSR count). The zero-order valence-corrected chi connectivity index (χ0v) is 14.5. The monoisotopic (exact) mass is 281 g/mol. The highest BCUT2D eigenvalue weighted by atomic mass is 28.4. The molecule has 19 heavy (non-hydrogen) atoms. The van der Waals surface area contributed by atoms with Crippen LogP contribution in [0.1, 0.15) is 27.7 Å². The number of nitrogens with one attached hydrogen (secondary N) is 1. The molecule has 0 aliphatic heterocycles. The minimum absolute atomic E-state index is 0.00412. The molecule has 1 aliphatic rings. The maximum Gasteiger partial charge on any atom is 0.242 e. The number of rotatable bonds is 4. The lowest BCUT2D eigenvalue weighted by Gasteiger charge is -2.27. The predicted molar refractivity (Wildman–Crippen MR) is 83.2 cm³/mol. The van der Waals surface area contributed by atoms with Gasteiger partial charge in [0, 0.05) is 11.1 Å². The van der Waals surface area contributed by atoms with E-state index in [1.54, 1.807) is 7.11 Å². The molecule has 3 nitrogen and oxygen atoms in total. The molecule has 0 fully saturated rings. The van der Waals surface area contributed by atoms with Crippen LogP contribution >= 0.6 is 0 Å². The molecule has 0 aromatic carbocycles. The van der Waals surface area contributed by atoms with E-state index >= 15 is 0 Å². The van der Waals surface area contributed by atoms with E-state index in [0.29, 0.717) is 0 Å². The summed E-state index contributed by atoms with van der Waals surface area (Å²) in [6.07, 6.45) is 4.16. The topological polar surface area (TPSA) is 30.5 Å². The standard InChI is InChI=1S/C15H27NO2Si/c1-11(17-5)12-9-13(16-15(2,3)4)14(10-12)18-19(6,7)8/h9-10,16H,1-8H3. The van der Waals surface area contributed by atoms with Crippen molar-refractivity contribution in [3.8, 4) is 0 Å². The molecule has 0 atom stereocenters. The van der Waals surface area contributed by atoms with Gasteiger partial charge in [-0.05, 0) is 59.5 Å². The Balaban J connectivity index is 3.07. The smallest absolute Gasteiger partial charge is 0.242 e. The molecule has 0 aromatic heterocycles. The Hall–Kier alpha value is -1.16. The van der Waals surface area contributed by atoms with Crippen molar-refractivity contribution in [2.75, 3.05) is 7.11 Å². The SMILES string of the molecule is COC(C)=C1C=C(NC(C)(C)C)C(O[Si](C)(C)C)=C1. The van der Waals surface area contributed by atoms with E-state index in [1.165, 1.54) is 0 Å². The molecule has 1 aliphatic carbocycles. The van der Waals surface area contributed by atoms with Crippen LogP contribution in [0.15, 0.2) is 34.9 Å². The lowest BCUT2D eigenvalue weighted by atomic mass is 10.1. The average molecular weight is 281 g/mol. The van der Waals surface area contributed by atoms with Crippen LogP contribution in [0.5, 0.6) is 0 Å². The minimum Gasteiger partial charge on any atom is -0.543 e. The Bertz CT molecular complexity index is 400. The van der Waals surface area contributed by atoms with Gasteiger partial charge in [-0.2, -0.15) is 0 Å². The van der Waals surface area contributed by atoms with Gasteiger partial charge in [-0.1, -0.05) is 0 Å². The van der Waals surface area contributed by atoms with Crippen molar-refractivity contribution < 1.29 is 9.16 Å². The van der Waals surface area contributed by atoms with Crippen LogP contribution in [-0.4, -0.2) is 21.0 Å². The van der Waals surface area contributed by atoms with Crippen LogP contribution in [-0.2, 0) is 9.16 Å². The van der Waals surface area contributed by atoms with Gasteiger partial charge in [0.1, 0.15) is 5.76 Å². The van der Waals surface area contributed by atoms with Crippen molar-refractivity contribution in [3.63, 3.8) is 0 Å². The van der Waals surface area contributed by atoms with Crippen molar-refractivity contribution in [2.45, 2.75) is 52.9 Å². The van der Waals surface area contributed by atoms with Crippen molar-refractivity contribution in [2.24, 2.45) is 0 Å². The lowest BCUT2D eigenvalue weighted by Crippen LogP contribution is -2.37. The van der Waals surface area contributed by atoms with Gasteiger partial charge < -0.3 is 14.5 Å². The Labute approximate surface area is 118 Å². The maximum atomic E-state index is 6.16. The molecular weight excluding hydrogens is 254 g/mol. The highest BCUT2D eigenvalue weighted by molar-refractivity contribution is 6.70. The van der Waals surface area contributed by atoms with Gasteiger partial charge in [-0.25, -0.2) is 0 Å². The van der Waals surface area contributed by atoms with E-state index in [4.69, 9.17) is 9.16 Å². The molecule has 1 N–H and O–H groups in total. The number of allylic oxidation sites excluding steroid dienone is 4. The Morgan fingerprint density at radius 1 is 1.16 bits per heavy atom. The fourth-order valence-electron chi connectivity index (χ4n) is 1.72. The first kappa shape index (κ1) is 15.9. The second-order valence-corrected chi connectivity index (χ2v) is 11.3. The fourth-order valence-corrected chi connectivity index (χ4v) is 2.55. The molecule has 0 spiro atoms. The molecule has 0 heterocycles. The Morgan fingerprint density at radius 2 is 1.74 bits per heavy atom. The van der Waals surface area contributed by atoms with Crippen molar-refractivity contribution >= 4 is 8.32 Å². The number of ether oxygens (including phenoxy) is 1. The van der Waals surface area contributed by atoms with E-state index < -0.39 is 8.32 Å². The summed E-state index contributed by atoms with van der Waals surface area (Å²) in [5.41, 5.74) is 2.12. The third-order valence-corrected chi connectivity index (χ3v) is 3.32. The second kappa shape index (κ2) is 5.45. The highest BCUT2D eigenvalue weighted by Crippen LogP contribution is 2.28. The number of methoxy groups -OCH3 is 1. The minimum atomic E-state index is -1.63.